The molecule has 0 N–H and O–H groups in total. The second-order valence-corrected chi connectivity index (χ2v) is 5.57. The molecule has 106 valence electrons. The zero-order valence-corrected chi connectivity index (χ0v) is 12.1. The molecule has 3 rings (SSSR count). The van der Waals surface area contributed by atoms with Crippen LogP contribution in [0, 0.1) is 0 Å². The molecule has 0 aromatic heterocycles. The summed E-state index contributed by atoms with van der Waals surface area (Å²) in [5.74, 6) is 0.940. The van der Waals surface area contributed by atoms with E-state index in [4.69, 9.17) is 9.47 Å². The highest BCUT2D eigenvalue weighted by molar-refractivity contribution is 5.88. The van der Waals surface area contributed by atoms with Crippen molar-refractivity contribution in [2.75, 3.05) is 19.9 Å². The highest BCUT2D eigenvalue weighted by Crippen LogP contribution is 2.25. The molecule has 1 aliphatic rings. The molecular formula is C17H21NO2. The van der Waals surface area contributed by atoms with Crippen LogP contribution in [0.3, 0.4) is 0 Å². The van der Waals surface area contributed by atoms with Crippen LogP contribution in [-0.2, 0) is 4.74 Å². The fraction of sp³-hybridized carbons (Fsp3) is 0.412. The van der Waals surface area contributed by atoms with E-state index in [1.165, 1.54) is 5.39 Å². The third kappa shape index (κ3) is 2.79. The Morgan fingerprint density at radius 2 is 2.00 bits per heavy atom. The second-order valence-electron chi connectivity index (χ2n) is 5.57. The molecule has 0 spiro atoms. The van der Waals surface area contributed by atoms with Gasteiger partial charge in [-0.05, 0) is 25.3 Å². The Kier molecular flexibility index (Phi) is 3.90. The topological polar surface area (TPSA) is 21.7 Å². The fourth-order valence-corrected chi connectivity index (χ4v) is 2.53. The van der Waals surface area contributed by atoms with Crippen molar-refractivity contribution in [1.82, 2.24) is 4.90 Å². The Labute approximate surface area is 120 Å². The second kappa shape index (κ2) is 5.81. The van der Waals surface area contributed by atoms with Crippen molar-refractivity contribution in [2.24, 2.45) is 0 Å². The van der Waals surface area contributed by atoms with Gasteiger partial charge in [-0.15, -0.1) is 0 Å². The summed E-state index contributed by atoms with van der Waals surface area (Å²) in [6.45, 7) is 6.65. The van der Waals surface area contributed by atoms with Gasteiger partial charge in [0.2, 0.25) is 0 Å². The van der Waals surface area contributed by atoms with Gasteiger partial charge in [0, 0.05) is 18.0 Å². The predicted octanol–water partition coefficient (Wildman–Crippen LogP) is 3.29. The average molecular weight is 271 g/mol. The summed E-state index contributed by atoms with van der Waals surface area (Å²) in [4.78, 5) is 2.32. The van der Waals surface area contributed by atoms with Crippen molar-refractivity contribution >= 4 is 10.8 Å². The van der Waals surface area contributed by atoms with Crippen molar-refractivity contribution < 1.29 is 9.47 Å². The zero-order valence-electron chi connectivity index (χ0n) is 12.1. The third-order valence-electron chi connectivity index (χ3n) is 3.82. The van der Waals surface area contributed by atoms with E-state index in [1.54, 1.807) is 0 Å². The Balaban J connectivity index is 1.66. The molecule has 1 heterocycles. The van der Waals surface area contributed by atoms with Gasteiger partial charge < -0.3 is 9.47 Å². The van der Waals surface area contributed by atoms with Crippen molar-refractivity contribution in [3.05, 3.63) is 42.5 Å². The smallest absolute Gasteiger partial charge is 0.127 e. The highest BCUT2D eigenvalue weighted by Gasteiger charge is 2.25. The van der Waals surface area contributed by atoms with Crippen LogP contribution in [0.4, 0.5) is 0 Å². The standard InChI is InChI=1S/C17H21NO2/c1-13(2)18-10-15(20-12-18)11-19-17-9-5-7-14-6-3-4-8-16(14)17/h3-9,13,15H,10-12H2,1-2H3. The SMILES string of the molecule is CC(C)N1COC(COc2cccc3ccccc23)C1. The van der Waals surface area contributed by atoms with Crippen molar-refractivity contribution in [2.45, 2.75) is 26.0 Å². The van der Waals surface area contributed by atoms with Crippen molar-refractivity contribution in [3.8, 4) is 5.75 Å². The highest BCUT2D eigenvalue weighted by atomic mass is 16.5. The van der Waals surface area contributed by atoms with Gasteiger partial charge >= 0.3 is 0 Å². The summed E-state index contributed by atoms with van der Waals surface area (Å²) in [5, 5.41) is 2.37. The van der Waals surface area contributed by atoms with Crippen LogP contribution in [0.15, 0.2) is 42.5 Å². The molecule has 20 heavy (non-hydrogen) atoms. The first-order chi connectivity index (χ1) is 9.74. The van der Waals surface area contributed by atoms with Crippen LogP contribution < -0.4 is 4.74 Å². The van der Waals surface area contributed by atoms with E-state index in [1.807, 2.05) is 24.3 Å². The molecule has 1 atom stereocenters. The summed E-state index contributed by atoms with van der Waals surface area (Å²) in [6, 6.07) is 15.0. The number of hydrogen-bond donors (Lipinski definition) is 0. The van der Waals surface area contributed by atoms with Gasteiger partial charge in [0.25, 0.3) is 0 Å². The number of ether oxygens (including phenoxy) is 2. The minimum absolute atomic E-state index is 0.163. The van der Waals surface area contributed by atoms with Crippen molar-refractivity contribution in [3.63, 3.8) is 0 Å². The lowest BCUT2D eigenvalue weighted by atomic mass is 10.1. The molecule has 3 heteroatoms. The minimum Gasteiger partial charge on any atom is -0.490 e. The summed E-state index contributed by atoms with van der Waals surface area (Å²) >= 11 is 0. The summed E-state index contributed by atoms with van der Waals surface area (Å²) in [6.07, 6.45) is 0.163. The first-order valence-electron chi connectivity index (χ1n) is 7.20. The Morgan fingerprint density at radius 3 is 2.80 bits per heavy atom. The molecule has 1 fully saturated rings. The largest absolute Gasteiger partial charge is 0.490 e. The maximum Gasteiger partial charge on any atom is 0.127 e. The van der Waals surface area contributed by atoms with Gasteiger partial charge in [0.15, 0.2) is 0 Å². The molecular weight excluding hydrogens is 250 g/mol. The molecule has 0 saturated carbocycles. The van der Waals surface area contributed by atoms with Crippen LogP contribution in [0.2, 0.25) is 0 Å². The number of benzene rings is 2. The maximum atomic E-state index is 5.98. The molecule has 0 aliphatic carbocycles. The van der Waals surface area contributed by atoms with Gasteiger partial charge in [-0.3, -0.25) is 4.90 Å². The van der Waals surface area contributed by atoms with Crippen molar-refractivity contribution in [1.29, 1.82) is 0 Å². The van der Waals surface area contributed by atoms with Crippen LogP contribution in [0.25, 0.3) is 10.8 Å². The third-order valence-corrected chi connectivity index (χ3v) is 3.82. The summed E-state index contributed by atoms with van der Waals surface area (Å²) in [7, 11) is 0. The predicted molar refractivity (Wildman–Crippen MR) is 81.0 cm³/mol. The van der Waals surface area contributed by atoms with Gasteiger partial charge in [-0.25, -0.2) is 0 Å². The lowest BCUT2D eigenvalue weighted by molar-refractivity contribution is 0.0554. The molecule has 1 unspecified atom stereocenters. The Morgan fingerprint density at radius 1 is 1.20 bits per heavy atom. The first-order valence-corrected chi connectivity index (χ1v) is 7.20. The molecule has 1 aliphatic heterocycles. The van der Waals surface area contributed by atoms with Gasteiger partial charge in [-0.1, -0.05) is 36.4 Å². The quantitative estimate of drug-likeness (QED) is 0.851. The average Bonchev–Trinajstić information content (AvgIpc) is 2.94. The fourth-order valence-electron chi connectivity index (χ4n) is 2.53. The molecule has 2 aromatic rings. The number of fused-ring (bicyclic) bond motifs is 1. The number of hydrogen-bond acceptors (Lipinski definition) is 3. The van der Waals surface area contributed by atoms with E-state index >= 15 is 0 Å². The van der Waals surface area contributed by atoms with Gasteiger partial charge in [-0.2, -0.15) is 0 Å². The van der Waals surface area contributed by atoms with Gasteiger partial charge in [0.05, 0.1) is 6.73 Å². The Hall–Kier alpha value is -1.58. The van der Waals surface area contributed by atoms with E-state index in [9.17, 15) is 0 Å². The summed E-state index contributed by atoms with van der Waals surface area (Å²) in [5.41, 5.74) is 0. The molecule has 2 aromatic carbocycles. The molecule has 0 bridgehead atoms. The van der Waals surface area contributed by atoms with Crippen LogP contribution >= 0.6 is 0 Å². The van der Waals surface area contributed by atoms with Crippen LogP contribution in [-0.4, -0.2) is 36.9 Å². The van der Waals surface area contributed by atoms with E-state index in [0.29, 0.717) is 19.4 Å². The Bertz CT molecular complexity index is 577. The minimum atomic E-state index is 0.163. The molecule has 3 nitrogen and oxygen atoms in total. The normalized spacial score (nSPS) is 19.9. The molecule has 0 radical (unpaired) electrons. The first kappa shape index (κ1) is 13.4. The maximum absolute atomic E-state index is 5.98. The summed E-state index contributed by atoms with van der Waals surface area (Å²) < 4.78 is 11.7. The van der Waals surface area contributed by atoms with E-state index < -0.39 is 0 Å². The zero-order chi connectivity index (χ0) is 13.9. The number of rotatable bonds is 4. The van der Waals surface area contributed by atoms with E-state index in [2.05, 4.69) is 36.9 Å². The van der Waals surface area contributed by atoms with E-state index in [-0.39, 0.29) is 6.10 Å². The van der Waals surface area contributed by atoms with E-state index in [0.717, 1.165) is 17.7 Å². The molecule has 0 amide bonds. The lowest BCUT2D eigenvalue weighted by Gasteiger charge is -2.17. The van der Waals surface area contributed by atoms with Crippen LogP contribution in [0.1, 0.15) is 13.8 Å². The number of nitrogens with zero attached hydrogens (tertiary/aromatic N) is 1. The molecule has 1 saturated heterocycles. The lowest BCUT2D eigenvalue weighted by Crippen LogP contribution is -2.30. The monoisotopic (exact) mass is 271 g/mol. The van der Waals surface area contributed by atoms with Gasteiger partial charge in [0.1, 0.15) is 18.5 Å². The van der Waals surface area contributed by atoms with Crippen LogP contribution in [0.5, 0.6) is 5.75 Å².